The van der Waals surface area contributed by atoms with Crippen LogP contribution < -0.4 is 4.74 Å². The van der Waals surface area contributed by atoms with Crippen LogP contribution in [-0.2, 0) is 6.61 Å². The van der Waals surface area contributed by atoms with Crippen LogP contribution in [0.5, 0.6) is 5.75 Å². The van der Waals surface area contributed by atoms with Gasteiger partial charge in [0.05, 0.1) is 5.69 Å². The van der Waals surface area contributed by atoms with E-state index < -0.39 is 5.97 Å². The Bertz CT molecular complexity index is 522. The van der Waals surface area contributed by atoms with Crippen molar-refractivity contribution < 1.29 is 14.6 Å². The Hall–Kier alpha value is -1.88. The van der Waals surface area contributed by atoms with Crippen molar-refractivity contribution in [2.24, 2.45) is 0 Å². The van der Waals surface area contributed by atoms with Crippen molar-refractivity contribution in [3.63, 3.8) is 0 Å². The van der Waals surface area contributed by atoms with Crippen LogP contribution in [0.4, 0.5) is 0 Å². The minimum absolute atomic E-state index is 0.275. The lowest BCUT2D eigenvalue weighted by atomic mass is 10.3. The highest BCUT2D eigenvalue weighted by Crippen LogP contribution is 2.19. The Morgan fingerprint density at radius 1 is 1.41 bits per heavy atom. The van der Waals surface area contributed by atoms with Gasteiger partial charge < -0.3 is 9.84 Å². The van der Waals surface area contributed by atoms with E-state index in [0.717, 1.165) is 17.1 Å². The molecule has 0 amide bonds. The number of thiazole rings is 1. The van der Waals surface area contributed by atoms with Crippen LogP contribution in [0.1, 0.15) is 20.4 Å². The zero-order chi connectivity index (χ0) is 12.3. The Labute approximate surface area is 103 Å². The second kappa shape index (κ2) is 4.97. The second-order valence-electron chi connectivity index (χ2n) is 3.43. The normalized spacial score (nSPS) is 10.2. The van der Waals surface area contributed by atoms with Crippen molar-refractivity contribution in [2.75, 3.05) is 0 Å². The fourth-order valence-electron chi connectivity index (χ4n) is 1.37. The number of aromatic nitrogens is 1. The van der Waals surface area contributed by atoms with E-state index in [9.17, 15) is 4.79 Å². The summed E-state index contributed by atoms with van der Waals surface area (Å²) >= 11 is 1.15. The predicted octanol–water partition coefficient (Wildman–Crippen LogP) is 2.73. The van der Waals surface area contributed by atoms with Gasteiger partial charge in [0.1, 0.15) is 22.2 Å². The number of hydrogen-bond acceptors (Lipinski definition) is 4. The van der Waals surface area contributed by atoms with Crippen LogP contribution in [0.2, 0.25) is 0 Å². The molecule has 2 aromatic rings. The summed E-state index contributed by atoms with van der Waals surface area (Å²) < 4.78 is 5.50. The summed E-state index contributed by atoms with van der Waals surface area (Å²) in [5.41, 5.74) is 0.536. The molecule has 0 aliphatic heterocycles. The van der Waals surface area contributed by atoms with E-state index in [1.165, 1.54) is 0 Å². The van der Waals surface area contributed by atoms with Crippen LogP contribution in [0, 0.1) is 6.92 Å². The minimum Gasteiger partial charge on any atom is -0.486 e. The van der Waals surface area contributed by atoms with Crippen LogP contribution in [-0.4, -0.2) is 16.1 Å². The first-order chi connectivity index (χ1) is 8.16. The monoisotopic (exact) mass is 249 g/mol. The van der Waals surface area contributed by atoms with Gasteiger partial charge in [-0.25, -0.2) is 9.78 Å². The first-order valence-corrected chi connectivity index (χ1v) is 5.86. The zero-order valence-corrected chi connectivity index (χ0v) is 10.0. The van der Waals surface area contributed by atoms with E-state index in [1.54, 1.807) is 6.92 Å². The lowest BCUT2D eigenvalue weighted by molar-refractivity contribution is 0.0701. The summed E-state index contributed by atoms with van der Waals surface area (Å²) in [6, 6.07) is 9.36. The van der Waals surface area contributed by atoms with Crippen LogP contribution in [0.15, 0.2) is 30.3 Å². The SMILES string of the molecule is Cc1nc(COc2ccccc2)sc1C(=O)O. The lowest BCUT2D eigenvalue weighted by Crippen LogP contribution is -1.94. The van der Waals surface area contributed by atoms with Gasteiger partial charge in [0.25, 0.3) is 0 Å². The van der Waals surface area contributed by atoms with Crippen molar-refractivity contribution >= 4 is 17.3 Å². The maximum Gasteiger partial charge on any atom is 0.347 e. The third-order valence-electron chi connectivity index (χ3n) is 2.14. The highest BCUT2D eigenvalue weighted by molar-refractivity contribution is 7.13. The van der Waals surface area contributed by atoms with Crippen molar-refractivity contribution in [3.05, 3.63) is 45.9 Å². The standard InChI is InChI=1S/C12H11NO3S/c1-8-11(12(14)15)17-10(13-8)7-16-9-5-3-2-4-6-9/h2-6H,7H2,1H3,(H,14,15). The molecule has 0 saturated carbocycles. The summed E-state index contributed by atoms with van der Waals surface area (Å²) in [4.78, 5) is 15.3. The summed E-state index contributed by atoms with van der Waals surface area (Å²) in [7, 11) is 0. The molecule has 1 aromatic heterocycles. The third-order valence-corrected chi connectivity index (χ3v) is 3.26. The summed E-state index contributed by atoms with van der Waals surface area (Å²) in [5, 5.41) is 9.56. The number of carboxylic acid groups (broad SMARTS) is 1. The van der Waals surface area contributed by atoms with Gasteiger partial charge in [-0.2, -0.15) is 0 Å². The first kappa shape index (κ1) is 11.6. The van der Waals surface area contributed by atoms with Crippen molar-refractivity contribution in [2.45, 2.75) is 13.5 Å². The van der Waals surface area contributed by atoms with E-state index in [1.807, 2.05) is 30.3 Å². The number of aromatic carboxylic acids is 1. The second-order valence-corrected chi connectivity index (χ2v) is 4.51. The number of carboxylic acids is 1. The maximum atomic E-state index is 10.8. The van der Waals surface area contributed by atoms with E-state index in [0.29, 0.717) is 17.3 Å². The van der Waals surface area contributed by atoms with Gasteiger partial charge in [0.2, 0.25) is 0 Å². The van der Waals surface area contributed by atoms with Crippen LogP contribution in [0.25, 0.3) is 0 Å². The number of ether oxygens (including phenoxy) is 1. The Morgan fingerprint density at radius 3 is 2.71 bits per heavy atom. The lowest BCUT2D eigenvalue weighted by Gasteiger charge is -2.02. The van der Waals surface area contributed by atoms with Gasteiger partial charge in [-0.3, -0.25) is 0 Å². The molecule has 4 nitrogen and oxygen atoms in total. The first-order valence-electron chi connectivity index (χ1n) is 5.04. The number of hydrogen-bond donors (Lipinski definition) is 1. The van der Waals surface area contributed by atoms with Gasteiger partial charge in [-0.05, 0) is 19.1 Å². The number of rotatable bonds is 4. The molecule has 0 aliphatic rings. The van der Waals surface area contributed by atoms with Crippen molar-refractivity contribution in [1.29, 1.82) is 0 Å². The largest absolute Gasteiger partial charge is 0.486 e. The van der Waals surface area contributed by atoms with Crippen LogP contribution >= 0.6 is 11.3 Å². The quantitative estimate of drug-likeness (QED) is 0.905. The summed E-state index contributed by atoms with van der Waals surface area (Å²) in [5.74, 6) is -0.191. The third kappa shape index (κ3) is 2.82. The number of para-hydroxylation sites is 1. The highest BCUT2D eigenvalue weighted by atomic mass is 32.1. The molecular formula is C12H11NO3S. The average molecular weight is 249 g/mol. The molecule has 0 aliphatic carbocycles. The molecule has 0 radical (unpaired) electrons. The molecule has 0 spiro atoms. The summed E-state index contributed by atoms with van der Waals surface area (Å²) in [6.45, 7) is 1.98. The molecule has 1 N–H and O–H groups in total. The number of nitrogens with zero attached hydrogens (tertiary/aromatic N) is 1. The molecule has 1 aromatic carbocycles. The van der Waals surface area contributed by atoms with Crippen molar-refractivity contribution in [1.82, 2.24) is 4.98 Å². The fourth-order valence-corrected chi connectivity index (χ4v) is 2.19. The topological polar surface area (TPSA) is 59.4 Å². The molecule has 0 fully saturated rings. The van der Waals surface area contributed by atoms with Gasteiger partial charge in [0.15, 0.2) is 0 Å². The molecule has 0 atom stereocenters. The number of aryl methyl sites for hydroxylation is 1. The molecule has 2 rings (SSSR count). The summed E-state index contributed by atoms with van der Waals surface area (Å²) in [6.07, 6.45) is 0. The van der Waals surface area contributed by atoms with Gasteiger partial charge in [0, 0.05) is 0 Å². The maximum absolute atomic E-state index is 10.8. The zero-order valence-electron chi connectivity index (χ0n) is 9.21. The minimum atomic E-state index is -0.939. The van der Waals surface area contributed by atoms with Crippen LogP contribution in [0.3, 0.4) is 0 Å². The van der Waals surface area contributed by atoms with Gasteiger partial charge >= 0.3 is 5.97 Å². The Morgan fingerprint density at radius 2 is 2.12 bits per heavy atom. The predicted molar refractivity (Wildman–Crippen MR) is 64.6 cm³/mol. The number of benzene rings is 1. The van der Waals surface area contributed by atoms with E-state index >= 15 is 0 Å². The molecule has 0 saturated heterocycles. The van der Waals surface area contributed by atoms with Gasteiger partial charge in [-0.15, -0.1) is 11.3 Å². The van der Waals surface area contributed by atoms with E-state index in [2.05, 4.69) is 4.98 Å². The molecule has 0 bridgehead atoms. The number of carbonyl (C=O) groups is 1. The average Bonchev–Trinajstić information content (AvgIpc) is 2.69. The van der Waals surface area contributed by atoms with Crippen molar-refractivity contribution in [3.8, 4) is 5.75 Å². The fraction of sp³-hybridized carbons (Fsp3) is 0.167. The molecule has 17 heavy (non-hydrogen) atoms. The molecule has 0 unspecified atom stereocenters. The highest BCUT2D eigenvalue weighted by Gasteiger charge is 2.13. The smallest absolute Gasteiger partial charge is 0.347 e. The molecule has 5 heteroatoms. The Kier molecular flexibility index (Phi) is 3.39. The molecule has 1 heterocycles. The Balaban J connectivity index is 2.05. The van der Waals surface area contributed by atoms with E-state index in [-0.39, 0.29) is 4.88 Å². The molecular weight excluding hydrogens is 238 g/mol. The molecule has 88 valence electrons. The van der Waals surface area contributed by atoms with E-state index in [4.69, 9.17) is 9.84 Å². The van der Waals surface area contributed by atoms with Gasteiger partial charge in [-0.1, -0.05) is 18.2 Å².